The van der Waals surface area contributed by atoms with Crippen molar-refractivity contribution in [2.75, 3.05) is 11.9 Å². The topological polar surface area (TPSA) is 97.4 Å². The standard InChI is InChI=1S/C28H25N3O4S/c1-18-12-14-21(15-13-18)27-31-24(17-36-27)28(34)35-16-25(32)30-23-11-7-6-10-22(23)26(33)29-19(2)20-8-4-3-5-9-20/h3-15,17,19H,16H2,1-2H3,(H,29,33)(H,30,32). The number of aryl methyl sites for hydroxylation is 1. The average Bonchev–Trinajstić information content (AvgIpc) is 3.39. The zero-order chi connectivity index (χ0) is 25.5. The molecule has 0 aliphatic heterocycles. The molecule has 0 saturated heterocycles. The number of hydrogen-bond donors (Lipinski definition) is 2. The zero-order valence-corrected chi connectivity index (χ0v) is 20.7. The van der Waals surface area contributed by atoms with Crippen molar-refractivity contribution in [1.29, 1.82) is 0 Å². The molecule has 36 heavy (non-hydrogen) atoms. The van der Waals surface area contributed by atoms with Gasteiger partial charge >= 0.3 is 5.97 Å². The van der Waals surface area contributed by atoms with Gasteiger partial charge in [-0.15, -0.1) is 11.3 Å². The summed E-state index contributed by atoms with van der Waals surface area (Å²) in [5.74, 6) is -1.58. The largest absolute Gasteiger partial charge is 0.451 e. The van der Waals surface area contributed by atoms with E-state index in [4.69, 9.17) is 4.74 Å². The van der Waals surface area contributed by atoms with E-state index in [1.165, 1.54) is 11.3 Å². The van der Waals surface area contributed by atoms with E-state index in [9.17, 15) is 14.4 Å². The summed E-state index contributed by atoms with van der Waals surface area (Å²) in [7, 11) is 0. The van der Waals surface area contributed by atoms with Crippen molar-refractivity contribution in [3.63, 3.8) is 0 Å². The normalized spacial score (nSPS) is 11.4. The Bertz CT molecular complexity index is 1370. The highest BCUT2D eigenvalue weighted by Crippen LogP contribution is 2.24. The van der Waals surface area contributed by atoms with Crippen LogP contribution in [0, 0.1) is 6.92 Å². The first-order valence-corrected chi connectivity index (χ1v) is 12.2. The Morgan fingerprint density at radius 1 is 0.944 bits per heavy atom. The van der Waals surface area contributed by atoms with Gasteiger partial charge in [-0.05, 0) is 31.5 Å². The highest BCUT2D eigenvalue weighted by molar-refractivity contribution is 7.13. The van der Waals surface area contributed by atoms with Crippen LogP contribution in [0.1, 0.15) is 44.9 Å². The summed E-state index contributed by atoms with van der Waals surface area (Å²) in [6.45, 7) is 3.37. The molecule has 7 nitrogen and oxygen atoms in total. The van der Waals surface area contributed by atoms with Gasteiger partial charge in [0.25, 0.3) is 11.8 Å². The fraction of sp³-hybridized carbons (Fsp3) is 0.143. The third-order valence-electron chi connectivity index (χ3n) is 5.44. The SMILES string of the molecule is Cc1ccc(-c2nc(C(=O)OCC(=O)Nc3ccccc3C(=O)NC(C)c3ccccc3)cs2)cc1. The first kappa shape index (κ1) is 24.8. The van der Waals surface area contributed by atoms with E-state index < -0.39 is 18.5 Å². The van der Waals surface area contributed by atoms with Gasteiger partial charge < -0.3 is 15.4 Å². The van der Waals surface area contributed by atoms with Gasteiger partial charge in [-0.2, -0.15) is 0 Å². The van der Waals surface area contributed by atoms with Crippen LogP contribution in [-0.2, 0) is 9.53 Å². The van der Waals surface area contributed by atoms with Gasteiger partial charge in [0, 0.05) is 10.9 Å². The second kappa shape index (κ2) is 11.4. The monoisotopic (exact) mass is 499 g/mol. The summed E-state index contributed by atoms with van der Waals surface area (Å²) in [6, 6.07) is 23.8. The second-order valence-electron chi connectivity index (χ2n) is 8.18. The molecule has 182 valence electrons. The number of carbonyl (C=O) groups is 3. The van der Waals surface area contributed by atoms with Crippen molar-refractivity contribution in [2.24, 2.45) is 0 Å². The maximum absolute atomic E-state index is 12.9. The van der Waals surface area contributed by atoms with Crippen LogP contribution in [-0.4, -0.2) is 29.4 Å². The van der Waals surface area contributed by atoms with Crippen molar-refractivity contribution >= 4 is 34.8 Å². The molecule has 1 aromatic heterocycles. The van der Waals surface area contributed by atoms with Gasteiger partial charge in [0.1, 0.15) is 5.01 Å². The van der Waals surface area contributed by atoms with E-state index in [1.54, 1.807) is 29.6 Å². The fourth-order valence-corrected chi connectivity index (χ4v) is 4.27. The molecule has 2 amide bonds. The number of anilines is 1. The van der Waals surface area contributed by atoms with E-state index in [0.717, 1.165) is 16.7 Å². The van der Waals surface area contributed by atoms with Gasteiger partial charge in [0.2, 0.25) is 0 Å². The molecule has 0 spiro atoms. The molecule has 4 rings (SSSR count). The Balaban J connectivity index is 1.34. The van der Waals surface area contributed by atoms with Gasteiger partial charge in [-0.1, -0.05) is 72.3 Å². The third kappa shape index (κ3) is 6.22. The molecule has 0 saturated carbocycles. The molecular formula is C28H25N3O4S. The quantitative estimate of drug-likeness (QED) is 0.316. The Morgan fingerprint density at radius 3 is 2.39 bits per heavy atom. The Morgan fingerprint density at radius 2 is 1.64 bits per heavy atom. The van der Waals surface area contributed by atoms with E-state index >= 15 is 0 Å². The minimum Gasteiger partial charge on any atom is -0.451 e. The number of thiazole rings is 1. The van der Waals surface area contributed by atoms with Crippen molar-refractivity contribution < 1.29 is 19.1 Å². The highest BCUT2D eigenvalue weighted by atomic mass is 32.1. The first-order chi connectivity index (χ1) is 17.4. The van der Waals surface area contributed by atoms with Crippen LogP contribution in [0.3, 0.4) is 0 Å². The number of amides is 2. The molecule has 1 atom stereocenters. The lowest BCUT2D eigenvalue weighted by Gasteiger charge is -2.16. The molecule has 0 bridgehead atoms. The van der Waals surface area contributed by atoms with Crippen LogP contribution >= 0.6 is 11.3 Å². The molecule has 3 aromatic carbocycles. The van der Waals surface area contributed by atoms with Gasteiger partial charge in [0.05, 0.1) is 17.3 Å². The summed E-state index contributed by atoms with van der Waals surface area (Å²) < 4.78 is 5.15. The van der Waals surface area contributed by atoms with Crippen LogP contribution in [0.5, 0.6) is 0 Å². The smallest absolute Gasteiger partial charge is 0.358 e. The Hall–Kier alpha value is -4.30. The Labute approximate surface area is 213 Å². The summed E-state index contributed by atoms with van der Waals surface area (Å²) in [5.41, 5.74) is 3.77. The van der Waals surface area contributed by atoms with Crippen LogP contribution in [0.4, 0.5) is 5.69 Å². The number of para-hydroxylation sites is 1. The molecule has 4 aromatic rings. The number of esters is 1. The molecule has 8 heteroatoms. The fourth-order valence-electron chi connectivity index (χ4n) is 3.48. The average molecular weight is 500 g/mol. The highest BCUT2D eigenvalue weighted by Gasteiger charge is 2.18. The Kier molecular flexibility index (Phi) is 7.87. The maximum Gasteiger partial charge on any atom is 0.358 e. The lowest BCUT2D eigenvalue weighted by molar-refractivity contribution is -0.119. The minimum absolute atomic E-state index is 0.137. The minimum atomic E-state index is -0.692. The lowest BCUT2D eigenvalue weighted by Crippen LogP contribution is -2.28. The predicted molar refractivity (Wildman–Crippen MR) is 140 cm³/mol. The number of nitrogens with one attached hydrogen (secondary N) is 2. The molecular weight excluding hydrogens is 474 g/mol. The van der Waals surface area contributed by atoms with Crippen molar-refractivity contribution in [1.82, 2.24) is 10.3 Å². The van der Waals surface area contributed by atoms with Crippen LogP contribution < -0.4 is 10.6 Å². The second-order valence-corrected chi connectivity index (χ2v) is 9.04. The van der Waals surface area contributed by atoms with Crippen LogP contribution in [0.15, 0.2) is 84.2 Å². The molecule has 2 N–H and O–H groups in total. The third-order valence-corrected chi connectivity index (χ3v) is 6.33. The van der Waals surface area contributed by atoms with Crippen LogP contribution in [0.2, 0.25) is 0 Å². The first-order valence-electron chi connectivity index (χ1n) is 11.3. The number of benzene rings is 3. The van der Waals surface area contributed by atoms with Crippen molar-refractivity contribution in [3.05, 3.63) is 107 Å². The van der Waals surface area contributed by atoms with Crippen molar-refractivity contribution in [3.8, 4) is 10.6 Å². The number of ether oxygens (including phenoxy) is 1. The van der Waals surface area contributed by atoms with Crippen LogP contribution in [0.25, 0.3) is 10.6 Å². The molecule has 0 aliphatic carbocycles. The van der Waals surface area contributed by atoms with Gasteiger partial charge in [0.15, 0.2) is 12.3 Å². The number of aromatic nitrogens is 1. The number of hydrogen-bond acceptors (Lipinski definition) is 6. The van der Waals surface area contributed by atoms with Gasteiger partial charge in [-0.3, -0.25) is 9.59 Å². The summed E-state index contributed by atoms with van der Waals surface area (Å²) in [5, 5.41) is 7.88. The number of carbonyl (C=O) groups excluding carboxylic acids is 3. The summed E-state index contributed by atoms with van der Waals surface area (Å²) >= 11 is 1.33. The van der Waals surface area contributed by atoms with E-state index in [-0.39, 0.29) is 17.6 Å². The van der Waals surface area contributed by atoms with Gasteiger partial charge in [-0.25, -0.2) is 9.78 Å². The molecule has 1 unspecified atom stereocenters. The zero-order valence-electron chi connectivity index (χ0n) is 19.9. The predicted octanol–water partition coefficient (Wildman–Crippen LogP) is 5.41. The van der Waals surface area contributed by atoms with Crippen molar-refractivity contribution in [2.45, 2.75) is 19.9 Å². The van der Waals surface area contributed by atoms with E-state index in [2.05, 4.69) is 15.6 Å². The molecule has 0 radical (unpaired) electrons. The maximum atomic E-state index is 12.9. The summed E-state index contributed by atoms with van der Waals surface area (Å²) in [4.78, 5) is 42.1. The van der Waals surface area contributed by atoms with E-state index in [1.807, 2.05) is 68.4 Å². The number of rotatable bonds is 8. The molecule has 1 heterocycles. The molecule has 0 aliphatic rings. The van der Waals surface area contributed by atoms with E-state index in [0.29, 0.717) is 16.3 Å². The number of nitrogens with zero attached hydrogens (tertiary/aromatic N) is 1. The molecule has 0 fully saturated rings. The lowest BCUT2D eigenvalue weighted by atomic mass is 10.1. The summed E-state index contributed by atoms with van der Waals surface area (Å²) in [6.07, 6.45) is 0.